The quantitative estimate of drug-likeness (QED) is 0.665. The number of carbonyl (C=O) groups is 1. The van der Waals surface area contributed by atoms with Gasteiger partial charge in [0, 0.05) is 26.2 Å². The zero-order valence-electron chi connectivity index (χ0n) is 9.21. The van der Waals surface area contributed by atoms with Gasteiger partial charge in [-0.1, -0.05) is 6.92 Å². The number of amides is 1. The Labute approximate surface area is 85.3 Å². The summed E-state index contributed by atoms with van der Waals surface area (Å²) in [4.78, 5) is 13.7. The van der Waals surface area contributed by atoms with Gasteiger partial charge in [0.1, 0.15) is 0 Å². The highest BCUT2D eigenvalue weighted by molar-refractivity contribution is 5.86. The predicted molar refractivity (Wildman–Crippen MR) is 54.9 cm³/mol. The second-order valence-corrected chi connectivity index (χ2v) is 4.59. The predicted octanol–water partition coefficient (Wildman–Crippen LogP) is -0.175. The van der Waals surface area contributed by atoms with Crippen LogP contribution in [0.3, 0.4) is 0 Å². The lowest BCUT2D eigenvalue weighted by molar-refractivity contribution is -0.140. The number of rotatable bonds is 3. The standard InChI is InChI=1S/C10H20N2O2/c1-8(7-13)6-12-5-4-11-10(2,3)9(12)14/h8,11,13H,4-7H2,1-3H3. The van der Waals surface area contributed by atoms with Crippen molar-refractivity contribution in [1.29, 1.82) is 0 Å². The Morgan fingerprint density at radius 1 is 1.64 bits per heavy atom. The maximum atomic E-state index is 11.9. The molecule has 1 heterocycles. The van der Waals surface area contributed by atoms with Gasteiger partial charge in [-0.15, -0.1) is 0 Å². The Morgan fingerprint density at radius 3 is 2.86 bits per heavy atom. The number of hydrogen-bond acceptors (Lipinski definition) is 3. The molecule has 0 saturated carbocycles. The van der Waals surface area contributed by atoms with Crippen LogP contribution in [0.5, 0.6) is 0 Å². The van der Waals surface area contributed by atoms with E-state index in [1.165, 1.54) is 0 Å². The molecule has 0 aromatic carbocycles. The molecule has 14 heavy (non-hydrogen) atoms. The average Bonchev–Trinajstić information content (AvgIpc) is 2.12. The van der Waals surface area contributed by atoms with Crippen LogP contribution in [-0.2, 0) is 4.79 Å². The highest BCUT2D eigenvalue weighted by Crippen LogP contribution is 2.13. The van der Waals surface area contributed by atoms with Crippen LogP contribution in [0.4, 0.5) is 0 Å². The van der Waals surface area contributed by atoms with Crippen LogP contribution in [0.15, 0.2) is 0 Å². The first-order valence-corrected chi connectivity index (χ1v) is 5.12. The van der Waals surface area contributed by atoms with Crippen molar-refractivity contribution in [2.24, 2.45) is 5.92 Å². The van der Waals surface area contributed by atoms with Gasteiger partial charge in [0.25, 0.3) is 0 Å². The van der Waals surface area contributed by atoms with Gasteiger partial charge in [0.05, 0.1) is 5.54 Å². The van der Waals surface area contributed by atoms with Crippen molar-refractivity contribution in [3.05, 3.63) is 0 Å². The summed E-state index contributed by atoms with van der Waals surface area (Å²) >= 11 is 0. The number of aliphatic hydroxyl groups is 1. The summed E-state index contributed by atoms with van der Waals surface area (Å²) in [5.41, 5.74) is -0.451. The van der Waals surface area contributed by atoms with Crippen LogP contribution < -0.4 is 5.32 Å². The van der Waals surface area contributed by atoms with E-state index in [9.17, 15) is 4.79 Å². The Kier molecular flexibility index (Phi) is 3.50. The van der Waals surface area contributed by atoms with Crippen molar-refractivity contribution in [3.63, 3.8) is 0 Å². The van der Waals surface area contributed by atoms with E-state index in [0.29, 0.717) is 6.54 Å². The maximum Gasteiger partial charge on any atom is 0.242 e. The van der Waals surface area contributed by atoms with E-state index in [2.05, 4.69) is 5.32 Å². The van der Waals surface area contributed by atoms with Crippen molar-refractivity contribution < 1.29 is 9.90 Å². The molecule has 1 amide bonds. The minimum atomic E-state index is -0.451. The summed E-state index contributed by atoms with van der Waals surface area (Å²) in [5.74, 6) is 0.289. The van der Waals surface area contributed by atoms with E-state index < -0.39 is 5.54 Å². The number of nitrogens with one attached hydrogen (secondary N) is 1. The van der Waals surface area contributed by atoms with Crippen molar-refractivity contribution >= 4 is 5.91 Å². The zero-order valence-corrected chi connectivity index (χ0v) is 9.21. The summed E-state index contributed by atoms with van der Waals surface area (Å²) in [6.07, 6.45) is 0. The average molecular weight is 200 g/mol. The molecule has 1 fully saturated rings. The topological polar surface area (TPSA) is 52.6 Å². The van der Waals surface area contributed by atoms with E-state index >= 15 is 0 Å². The molecule has 0 aromatic rings. The van der Waals surface area contributed by atoms with Crippen LogP contribution in [0.2, 0.25) is 0 Å². The number of carbonyl (C=O) groups excluding carboxylic acids is 1. The van der Waals surface area contributed by atoms with Crippen molar-refractivity contribution in [2.45, 2.75) is 26.3 Å². The molecule has 1 rings (SSSR count). The summed E-state index contributed by atoms with van der Waals surface area (Å²) in [6.45, 7) is 8.10. The lowest BCUT2D eigenvalue weighted by Gasteiger charge is -2.39. The first-order valence-electron chi connectivity index (χ1n) is 5.12. The van der Waals surface area contributed by atoms with E-state index in [0.717, 1.165) is 13.1 Å². The van der Waals surface area contributed by atoms with Crippen molar-refractivity contribution in [2.75, 3.05) is 26.2 Å². The van der Waals surface area contributed by atoms with Gasteiger partial charge in [-0.05, 0) is 19.8 Å². The minimum absolute atomic E-state index is 0.129. The third-order valence-electron chi connectivity index (χ3n) is 2.61. The third-order valence-corrected chi connectivity index (χ3v) is 2.61. The molecule has 1 aliphatic heterocycles. The van der Waals surface area contributed by atoms with Crippen LogP contribution in [0.25, 0.3) is 0 Å². The van der Waals surface area contributed by atoms with Crippen molar-refractivity contribution in [1.82, 2.24) is 10.2 Å². The van der Waals surface area contributed by atoms with E-state index in [-0.39, 0.29) is 18.4 Å². The minimum Gasteiger partial charge on any atom is -0.396 e. The molecule has 4 heteroatoms. The summed E-state index contributed by atoms with van der Waals surface area (Å²) in [7, 11) is 0. The van der Waals surface area contributed by atoms with E-state index in [1.807, 2.05) is 25.7 Å². The summed E-state index contributed by atoms with van der Waals surface area (Å²) < 4.78 is 0. The van der Waals surface area contributed by atoms with Gasteiger partial charge in [0.15, 0.2) is 0 Å². The van der Waals surface area contributed by atoms with Crippen LogP contribution in [0.1, 0.15) is 20.8 Å². The highest BCUT2D eigenvalue weighted by Gasteiger charge is 2.35. The second kappa shape index (κ2) is 4.28. The zero-order chi connectivity index (χ0) is 10.8. The Morgan fingerprint density at radius 2 is 2.29 bits per heavy atom. The molecule has 0 aliphatic carbocycles. The molecule has 1 atom stereocenters. The maximum absolute atomic E-state index is 11.9. The molecule has 0 aromatic heterocycles. The smallest absolute Gasteiger partial charge is 0.242 e. The van der Waals surface area contributed by atoms with Gasteiger partial charge in [-0.3, -0.25) is 4.79 Å². The van der Waals surface area contributed by atoms with Crippen LogP contribution >= 0.6 is 0 Å². The Hall–Kier alpha value is -0.610. The largest absolute Gasteiger partial charge is 0.396 e. The molecule has 4 nitrogen and oxygen atoms in total. The fourth-order valence-electron chi connectivity index (χ4n) is 1.68. The molecule has 0 spiro atoms. The molecular weight excluding hydrogens is 180 g/mol. The van der Waals surface area contributed by atoms with Crippen LogP contribution in [-0.4, -0.2) is 47.7 Å². The molecule has 0 radical (unpaired) electrons. The first-order chi connectivity index (χ1) is 6.47. The van der Waals surface area contributed by atoms with Crippen molar-refractivity contribution in [3.8, 4) is 0 Å². The SMILES string of the molecule is CC(CO)CN1CCNC(C)(C)C1=O. The van der Waals surface area contributed by atoms with Gasteiger partial charge in [0.2, 0.25) is 5.91 Å². The van der Waals surface area contributed by atoms with Gasteiger partial charge < -0.3 is 15.3 Å². The summed E-state index contributed by atoms with van der Waals surface area (Å²) in [5, 5.41) is 12.1. The molecule has 2 N–H and O–H groups in total. The van der Waals surface area contributed by atoms with Gasteiger partial charge in [-0.2, -0.15) is 0 Å². The fraction of sp³-hybridized carbons (Fsp3) is 0.900. The van der Waals surface area contributed by atoms with Gasteiger partial charge >= 0.3 is 0 Å². The highest BCUT2D eigenvalue weighted by atomic mass is 16.3. The fourth-order valence-corrected chi connectivity index (χ4v) is 1.68. The normalized spacial score (nSPS) is 23.7. The first kappa shape index (κ1) is 11.5. The Bertz CT molecular complexity index is 216. The second-order valence-electron chi connectivity index (χ2n) is 4.59. The van der Waals surface area contributed by atoms with E-state index in [4.69, 9.17) is 5.11 Å². The number of nitrogens with zero attached hydrogens (tertiary/aromatic N) is 1. The monoisotopic (exact) mass is 200 g/mol. The van der Waals surface area contributed by atoms with Crippen LogP contribution in [0, 0.1) is 5.92 Å². The Balaban J connectivity index is 2.57. The molecule has 82 valence electrons. The third kappa shape index (κ3) is 2.45. The molecular formula is C10H20N2O2. The molecule has 1 unspecified atom stereocenters. The lowest BCUT2D eigenvalue weighted by Crippen LogP contribution is -2.61. The lowest BCUT2D eigenvalue weighted by atomic mass is 10.00. The molecule has 1 aliphatic rings. The number of piperazine rings is 1. The number of hydrogen-bond donors (Lipinski definition) is 2. The molecule has 0 bridgehead atoms. The molecule has 1 saturated heterocycles. The van der Waals surface area contributed by atoms with Gasteiger partial charge in [-0.25, -0.2) is 0 Å². The summed E-state index contributed by atoms with van der Waals surface area (Å²) in [6, 6.07) is 0. The van der Waals surface area contributed by atoms with E-state index in [1.54, 1.807) is 0 Å². The number of aliphatic hydroxyl groups excluding tert-OH is 1.